The average molecular weight is 435 g/mol. The summed E-state index contributed by atoms with van der Waals surface area (Å²) < 4.78 is 19.3. The molecule has 6 aliphatic rings. The minimum absolute atomic E-state index is 0.177. The Hall–Kier alpha value is -0.690. The number of hydrogen-bond acceptors (Lipinski definition) is 6. The monoisotopic (exact) mass is 434 g/mol. The Labute approximate surface area is 185 Å². The van der Waals surface area contributed by atoms with Crippen molar-refractivity contribution in [3.05, 3.63) is 0 Å². The molecular weight excluding hydrogens is 396 g/mol. The maximum absolute atomic E-state index is 13.3. The van der Waals surface area contributed by atoms with Crippen LogP contribution in [0.25, 0.3) is 0 Å². The molecule has 0 aromatic heterocycles. The van der Waals surface area contributed by atoms with Crippen LogP contribution < -0.4 is 0 Å². The second kappa shape index (κ2) is 5.51. The van der Waals surface area contributed by atoms with Gasteiger partial charge < -0.3 is 24.4 Å². The maximum Gasteiger partial charge on any atom is 0.341 e. The van der Waals surface area contributed by atoms with Crippen LogP contribution in [0.1, 0.15) is 86.0 Å². The molecule has 174 valence electrons. The fourth-order valence-corrected chi connectivity index (χ4v) is 9.47. The highest BCUT2D eigenvalue weighted by Gasteiger charge is 2.96. The Kier molecular flexibility index (Phi) is 3.71. The van der Waals surface area contributed by atoms with Gasteiger partial charge in [-0.15, -0.1) is 0 Å². The van der Waals surface area contributed by atoms with Crippen molar-refractivity contribution in [2.75, 3.05) is 6.61 Å². The molecule has 6 fully saturated rings. The van der Waals surface area contributed by atoms with Crippen LogP contribution in [0.3, 0.4) is 0 Å². The molecule has 3 saturated heterocycles. The summed E-state index contributed by atoms with van der Waals surface area (Å²) >= 11 is 0. The lowest BCUT2D eigenvalue weighted by Crippen LogP contribution is -2.63. The molecule has 1 unspecified atom stereocenters. The number of aliphatic hydroxyl groups excluding tert-OH is 1. The molecule has 2 spiro atoms. The molecule has 3 saturated carbocycles. The molecule has 2 bridgehead atoms. The normalized spacial score (nSPS) is 59.2. The topological polar surface area (TPSA) is 85.2 Å². The van der Waals surface area contributed by atoms with E-state index < -0.39 is 28.0 Å². The van der Waals surface area contributed by atoms with Crippen molar-refractivity contribution >= 4 is 5.97 Å². The molecular formula is C25H38O6. The number of hydrogen-bond donors (Lipinski definition) is 2. The molecule has 3 heterocycles. The third-order valence-corrected chi connectivity index (χ3v) is 11.3. The van der Waals surface area contributed by atoms with Gasteiger partial charge in [0.15, 0.2) is 11.4 Å². The van der Waals surface area contributed by atoms with Gasteiger partial charge in [-0.1, -0.05) is 27.2 Å². The van der Waals surface area contributed by atoms with Crippen LogP contribution in [0.2, 0.25) is 0 Å². The zero-order chi connectivity index (χ0) is 22.3. The first kappa shape index (κ1) is 20.9. The third kappa shape index (κ3) is 1.93. The van der Waals surface area contributed by atoms with Crippen molar-refractivity contribution in [3.8, 4) is 0 Å². The molecule has 9 atom stereocenters. The zero-order valence-electron chi connectivity index (χ0n) is 19.6. The Balaban J connectivity index is 1.45. The van der Waals surface area contributed by atoms with E-state index in [1.54, 1.807) is 6.92 Å². The van der Waals surface area contributed by atoms with E-state index >= 15 is 0 Å². The number of carbonyl (C=O) groups excluding carboxylic acids is 1. The molecule has 0 amide bonds. The molecule has 6 rings (SSSR count). The molecule has 0 aromatic rings. The summed E-state index contributed by atoms with van der Waals surface area (Å²) in [6.07, 6.45) is 5.98. The highest BCUT2D eigenvalue weighted by Crippen LogP contribution is 2.89. The summed E-state index contributed by atoms with van der Waals surface area (Å²) in [5.41, 5.74) is -2.27. The number of ether oxygens (including phenoxy) is 3. The van der Waals surface area contributed by atoms with E-state index in [1.165, 1.54) is 6.42 Å². The van der Waals surface area contributed by atoms with Crippen molar-refractivity contribution in [2.24, 2.45) is 33.5 Å². The van der Waals surface area contributed by atoms with Crippen molar-refractivity contribution in [2.45, 2.75) is 109 Å². The predicted molar refractivity (Wildman–Crippen MR) is 112 cm³/mol. The minimum atomic E-state index is -1.39. The van der Waals surface area contributed by atoms with E-state index in [4.69, 9.17) is 14.2 Å². The lowest BCUT2D eigenvalue weighted by molar-refractivity contribution is -0.324. The molecule has 6 heteroatoms. The van der Waals surface area contributed by atoms with E-state index in [2.05, 4.69) is 13.8 Å². The van der Waals surface area contributed by atoms with Gasteiger partial charge in [-0.25, -0.2) is 4.79 Å². The lowest BCUT2D eigenvalue weighted by Gasteiger charge is -2.54. The summed E-state index contributed by atoms with van der Waals surface area (Å²) in [5, 5.41) is 21.8. The Morgan fingerprint density at radius 1 is 1.16 bits per heavy atom. The Morgan fingerprint density at radius 2 is 1.90 bits per heavy atom. The summed E-state index contributed by atoms with van der Waals surface area (Å²) in [6.45, 7) is 10.9. The van der Waals surface area contributed by atoms with Gasteiger partial charge in [-0.3, -0.25) is 0 Å². The van der Waals surface area contributed by atoms with Crippen LogP contribution >= 0.6 is 0 Å². The number of esters is 1. The van der Waals surface area contributed by atoms with Crippen LogP contribution in [0.5, 0.6) is 0 Å². The standard InChI is InChI=1S/C25H38O6/c1-15(2)21-9-10-22(17(21)11-21)14-29-25-12-19(4,8-6-7-16(3)26)24(28)13-23(22,25)20(5,31-24)18(27)30-25/h15-17,26,28H,6-14H2,1-5H3/t16?,17-,19+,20-,21+,22+,23+,24-,25+/m0/s1. The summed E-state index contributed by atoms with van der Waals surface area (Å²) in [7, 11) is 0. The van der Waals surface area contributed by atoms with Gasteiger partial charge in [0.05, 0.1) is 18.1 Å². The van der Waals surface area contributed by atoms with Gasteiger partial charge in [-0.05, 0) is 63.2 Å². The Bertz CT molecular complexity index is 857. The fraction of sp³-hybridized carbons (Fsp3) is 0.960. The van der Waals surface area contributed by atoms with Crippen LogP contribution in [0.15, 0.2) is 0 Å². The first-order valence-corrected chi connectivity index (χ1v) is 12.3. The van der Waals surface area contributed by atoms with Crippen LogP contribution in [-0.4, -0.2) is 46.1 Å². The van der Waals surface area contributed by atoms with E-state index in [1.807, 2.05) is 13.8 Å². The molecule has 2 N–H and O–H groups in total. The average Bonchev–Trinajstić information content (AvgIpc) is 3.08. The predicted octanol–water partition coefficient (Wildman–Crippen LogP) is 3.53. The third-order valence-electron chi connectivity index (χ3n) is 11.3. The summed E-state index contributed by atoms with van der Waals surface area (Å²) in [5.74, 6) is -1.67. The highest BCUT2D eigenvalue weighted by atomic mass is 16.8. The highest BCUT2D eigenvalue weighted by molar-refractivity contribution is 5.85. The van der Waals surface area contributed by atoms with Crippen molar-refractivity contribution < 1.29 is 29.2 Å². The number of carbonyl (C=O) groups is 1. The Morgan fingerprint density at radius 3 is 2.52 bits per heavy atom. The number of fused-ring (bicyclic) bond motifs is 3. The molecule has 6 nitrogen and oxygen atoms in total. The first-order valence-electron chi connectivity index (χ1n) is 12.3. The van der Waals surface area contributed by atoms with E-state index in [9.17, 15) is 15.0 Å². The van der Waals surface area contributed by atoms with Gasteiger partial charge in [-0.2, -0.15) is 0 Å². The van der Waals surface area contributed by atoms with E-state index in [0.717, 1.165) is 19.3 Å². The van der Waals surface area contributed by atoms with Crippen molar-refractivity contribution in [3.63, 3.8) is 0 Å². The number of aliphatic hydroxyl groups is 2. The van der Waals surface area contributed by atoms with Gasteiger partial charge in [0.1, 0.15) is 0 Å². The van der Waals surface area contributed by atoms with Crippen molar-refractivity contribution in [1.29, 1.82) is 0 Å². The van der Waals surface area contributed by atoms with Gasteiger partial charge in [0.25, 0.3) is 0 Å². The second-order valence-electron chi connectivity index (χ2n) is 12.7. The van der Waals surface area contributed by atoms with Crippen LogP contribution in [0.4, 0.5) is 0 Å². The van der Waals surface area contributed by atoms with E-state index in [0.29, 0.717) is 49.5 Å². The molecule has 31 heavy (non-hydrogen) atoms. The molecule has 3 aliphatic carbocycles. The SMILES string of the molecule is CC(O)CCC[C@]1(C)C[C@]23OC[C@@]4(CC[C@]5(C(C)C)C[C@@H]54)[C@]24C[C@]1(O)O[C@@]4(C)C(=O)O3. The summed E-state index contributed by atoms with van der Waals surface area (Å²) in [4.78, 5) is 13.3. The quantitative estimate of drug-likeness (QED) is 0.644. The lowest BCUT2D eigenvalue weighted by atomic mass is 9.46. The molecule has 0 radical (unpaired) electrons. The van der Waals surface area contributed by atoms with Gasteiger partial charge in [0.2, 0.25) is 5.79 Å². The van der Waals surface area contributed by atoms with Crippen LogP contribution in [0, 0.1) is 33.5 Å². The van der Waals surface area contributed by atoms with Crippen LogP contribution in [-0.2, 0) is 19.0 Å². The summed E-state index contributed by atoms with van der Waals surface area (Å²) in [6, 6.07) is 0. The second-order valence-corrected chi connectivity index (χ2v) is 12.7. The zero-order valence-corrected chi connectivity index (χ0v) is 19.6. The van der Waals surface area contributed by atoms with Gasteiger partial charge >= 0.3 is 5.97 Å². The number of rotatable bonds is 5. The molecule has 3 aliphatic heterocycles. The smallest absolute Gasteiger partial charge is 0.341 e. The first-order chi connectivity index (χ1) is 14.4. The van der Waals surface area contributed by atoms with E-state index in [-0.39, 0.29) is 17.5 Å². The minimum Gasteiger partial charge on any atom is -0.430 e. The molecule has 0 aromatic carbocycles. The largest absolute Gasteiger partial charge is 0.430 e. The van der Waals surface area contributed by atoms with Crippen molar-refractivity contribution in [1.82, 2.24) is 0 Å². The fourth-order valence-electron chi connectivity index (χ4n) is 9.47. The maximum atomic E-state index is 13.3. The van der Waals surface area contributed by atoms with Gasteiger partial charge in [0, 0.05) is 23.7 Å².